The number of aliphatic imine (C=N–C) groups is 1. The number of nitrogens with one attached hydrogen (secondary N) is 1. The zero-order chi connectivity index (χ0) is 20.4. The number of carbonyl (C=O) groups excluding carboxylic acids is 1. The number of carboxylic acids is 1. The second-order valence-electron chi connectivity index (χ2n) is 6.16. The van der Waals surface area contributed by atoms with Crippen LogP contribution in [0.4, 0.5) is 5.69 Å². The Bertz CT molecular complexity index is 1220. The number of aromatic carboxylic acids is 1. The van der Waals surface area contributed by atoms with Crippen molar-refractivity contribution in [3.63, 3.8) is 0 Å². The second-order valence-corrected chi connectivity index (χ2v) is 6.16. The van der Waals surface area contributed by atoms with E-state index in [1.807, 2.05) is 13.8 Å². The van der Waals surface area contributed by atoms with E-state index in [1.54, 1.807) is 24.3 Å². The summed E-state index contributed by atoms with van der Waals surface area (Å²) in [6, 6.07) is 10.9. The average Bonchev–Trinajstić information content (AvgIpc) is 2.64. The molecule has 1 heterocycles. The second kappa shape index (κ2) is 7.36. The Labute approximate surface area is 159 Å². The van der Waals surface area contributed by atoms with E-state index in [-0.39, 0.29) is 16.8 Å². The summed E-state index contributed by atoms with van der Waals surface area (Å²) in [5.41, 5.74) is 0.199. The molecule has 8 heteroatoms. The molecule has 0 saturated carbocycles. The molecule has 0 bridgehead atoms. The predicted molar refractivity (Wildman–Crippen MR) is 102 cm³/mol. The highest BCUT2D eigenvalue weighted by molar-refractivity contribution is 5.94. The molecule has 2 aromatic carbocycles. The topological polar surface area (TPSA) is 128 Å². The monoisotopic (exact) mass is 378 g/mol. The quantitative estimate of drug-likeness (QED) is 0.654. The lowest BCUT2D eigenvalue weighted by Crippen LogP contribution is -2.31. The van der Waals surface area contributed by atoms with Crippen LogP contribution in [0.3, 0.4) is 0 Å². The molecule has 3 rings (SSSR count). The van der Waals surface area contributed by atoms with Crippen molar-refractivity contribution in [2.45, 2.75) is 13.8 Å². The lowest BCUT2D eigenvalue weighted by atomic mass is 10.1. The summed E-state index contributed by atoms with van der Waals surface area (Å²) in [6.07, 6.45) is 1.01. The predicted octanol–water partition coefficient (Wildman–Crippen LogP) is 0.962. The fourth-order valence-corrected chi connectivity index (χ4v) is 2.65. The number of hydrogen-bond donors (Lipinski definition) is 2. The number of aryl methyl sites for hydroxylation is 2. The van der Waals surface area contributed by atoms with E-state index in [4.69, 9.17) is 0 Å². The van der Waals surface area contributed by atoms with Gasteiger partial charge in [0, 0.05) is 11.8 Å². The minimum absolute atomic E-state index is 0.0465. The van der Waals surface area contributed by atoms with E-state index in [0.717, 1.165) is 21.9 Å². The maximum atomic E-state index is 12.2. The molecule has 0 amide bonds. The van der Waals surface area contributed by atoms with Crippen LogP contribution in [0.15, 0.2) is 57.0 Å². The first-order valence-corrected chi connectivity index (χ1v) is 8.30. The fraction of sp³-hybridized carbons (Fsp3) is 0.100. The third-order valence-electron chi connectivity index (χ3n) is 4.33. The molecule has 1 aromatic heterocycles. The van der Waals surface area contributed by atoms with E-state index >= 15 is 0 Å². The molecular formula is C20H16N3O5-. The maximum Gasteiger partial charge on any atom is 0.335 e. The van der Waals surface area contributed by atoms with Crippen molar-refractivity contribution in [1.82, 2.24) is 9.55 Å². The molecule has 8 nitrogen and oxygen atoms in total. The van der Waals surface area contributed by atoms with Gasteiger partial charge in [-0.1, -0.05) is 24.3 Å². The Morgan fingerprint density at radius 3 is 2.54 bits per heavy atom. The summed E-state index contributed by atoms with van der Waals surface area (Å²) >= 11 is 0. The number of aromatic amines is 1. The molecule has 0 radical (unpaired) electrons. The lowest BCUT2D eigenvalue weighted by molar-refractivity contribution is -0.254. The number of aromatic hydroxyl groups is 1. The van der Waals surface area contributed by atoms with E-state index < -0.39 is 23.1 Å². The number of H-pyrrole nitrogens is 1. The van der Waals surface area contributed by atoms with Gasteiger partial charge in [0.25, 0.3) is 5.56 Å². The van der Waals surface area contributed by atoms with Crippen LogP contribution in [0.1, 0.15) is 27.0 Å². The number of rotatable bonds is 4. The molecule has 0 aliphatic heterocycles. The zero-order valence-electron chi connectivity index (χ0n) is 15.1. The summed E-state index contributed by atoms with van der Waals surface area (Å²) < 4.78 is 0.944. The molecule has 0 aliphatic carbocycles. The van der Waals surface area contributed by atoms with Gasteiger partial charge in [0.1, 0.15) is 5.56 Å². The highest BCUT2D eigenvalue weighted by atomic mass is 16.4. The first-order chi connectivity index (χ1) is 13.3. The van der Waals surface area contributed by atoms with Gasteiger partial charge in [0.2, 0.25) is 5.88 Å². The van der Waals surface area contributed by atoms with E-state index in [2.05, 4.69) is 9.98 Å². The fourth-order valence-electron chi connectivity index (χ4n) is 2.65. The largest absolute Gasteiger partial charge is 0.545 e. The third kappa shape index (κ3) is 3.48. The molecule has 0 spiro atoms. The van der Waals surface area contributed by atoms with Crippen LogP contribution in [0.5, 0.6) is 5.88 Å². The average molecular weight is 378 g/mol. The molecule has 28 heavy (non-hydrogen) atoms. The van der Waals surface area contributed by atoms with Crippen LogP contribution < -0.4 is 16.4 Å². The molecule has 142 valence electrons. The van der Waals surface area contributed by atoms with Crippen molar-refractivity contribution in [3.05, 3.63) is 85.6 Å². The first-order valence-electron chi connectivity index (χ1n) is 8.30. The third-order valence-corrected chi connectivity index (χ3v) is 4.33. The van der Waals surface area contributed by atoms with Gasteiger partial charge in [-0.2, -0.15) is 0 Å². The summed E-state index contributed by atoms with van der Waals surface area (Å²) in [6.45, 7) is 3.76. The van der Waals surface area contributed by atoms with E-state index in [9.17, 15) is 24.6 Å². The molecule has 0 atom stereocenters. The van der Waals surface area contributed by atoms with Crippen molar-refractivity contribution < 1.29 is 15.0 Å². The maximum absolute atomic E-state index is 12.2. The number of carbonyl (C=O) groups is 1. The number of carboxylic acid groups (broad SMARTS) is 1. The summed E-state index contributed by atoms with van der Waals surface area (Å²) in [7, 11) is 0. The Balaban J connectivity index is 2.16. The van der Waals surface area contributed by atoms with Crippen LogP contribution >= 0.6 is 0 Å². The molecule has 0 fully saturated rings. The van der Waals surface area contributed by atoms with Gasteiger partial charge >= 0.3 is 5.69 Å². The van der Waals surface area contributed by atoms with Crippen molar-refractivity contribution in [2.75, 3.05) is 0 Å². The standard InChI is InChI=1S/C20H17N3O5/c1-11-7-8-13(9-12(11)2)23-18(25)15(17(24)22-20(23)28)10-21-16-6-4-3-5-14(16)19(26)27/h3-10,25H,1-2H3,(H,26,27)(H,22,24,28)/p-1. The summed E-state index contributed by atoms with van der Waals surface area (Å²) in [5.74, 6) is -2.03. The van der Waals surface area contributed by atoms with Crippen LogP contribution in [0.25, 0.3) is 5.69 Å². The molecule has 0 unspecified atom stereocenters. The van der Waals surface area contributed by atoms with Gasteiger partial charge in [-0.25, -0.2) is 9.36 Å². The minimum Gasteiger partial charge on any atom is -0.545 e. The van der Waals surface area contributed by atoms with Gasteiger partial charge < -0.3 is 15.0 Å². The molecule has 2 N–H and O–H groups in total. The highest BCUT2D eigenvalue weighted by Gasteiger charge is 2.15. The van der Waals surface area contributed by atoms with Crippen molar-refractivity contribution in [1.29, 1.82) is 0 Å². The lowest BCUT2D eigenvalue weighted by Gasteiger charge is -2.11. The molecule has 0 aliphatic rings. The van der Waals surface area contributed by atoms with Gasteiger partial charge in [-0.15, -0.1) is 0 Å². The smallest absolute Gasteiger partial charge is 0.335 e. The number of aromatic nitrogens is 2. The Morgan fingerprint density at radius 2 is 1.86 bits per heavy atom. The van der Waals surface area contributed by atoms with Crippen LogP contribution in [-0.2, 0) is 0 Å². The number of para-hydroxylation sites is 1. The molecular weight excluding hydrogens is 362 g/mol. The minimum atomic E-state index is -1.43. The molecule has 0 saturated heterocycles. The van der Waals surface area contributed by atoms with Crippen LogP contribution in [0, 0.1) is 13.8 Å². The van der Waals surface area contributed by atoms with Gasteiger partial charge in [0.05, 0.1) is 17.3 Å². The Morgan fingerprint density at radius 1 is 1.14 bits per heavy atom. The van der Waals surface area contributed by atoms with Crippen molar-refractivity contribution >= 4 is 17.9 Å². The van der Waals surface area contributed by atoms with Gasteiger partial charge in [0.15, 0.2) is 0 Å². The zero-order valence-corrected chi connectivity index (χ0v) is 15.1. The van der Waals surface area contributed by atoms with E-state index in [1.165, 1.54) is 18.2 Å². The van der Waals surface area contributed by atoms with Crippen molar-refractivity contribution in [2.24, 2.45) is 4.99 Å². The summed E-state index contributed by atoms with van der Waals surface area (Å²) in [4.78, 5) is 41.7. The SMILES string of the molecule is Cc1ccc(-n2c(O)c(C=Nc3ccccc3C(=O)[O-])c(=O)[nH]c2=O)cc1C. The summed E-state index contributed by atoms with van der Waals surface area (Å²) in [5, 5.41) is 21.7. The Kier molecular flexibility index (Phi) is 4.95. The molecule has 3 aromatic rings. The normalized spacial score (nSPS) is 11.1. The van der Waals surface area contributed by atoms with E-state index in [0.29, 0.717) is 5.69 Å². The van der Waals surface area contributed by atoms with Crippen LogP contribution in [-0.4, -0.2) is 26.8 Å². The van der Waals surface area contributed by atoms with Gasteiger partial charge in [-0.05, 0) is 43.2 Å². The van der Waals surface area contributed by atoms with Gasteiger partial charge in [-0.3, -0.25) is 14.8 Å². The number of nitrogens with zero attached hydrogens (tertiary/aromatic N) is 2. The number of benzene rings is 2. The Hall–Kier alpha value is -3.94. The van der Waals surface area contributed by atoms with Crippen molar-refractivity contribution in [3.8, 4) is 11.6 Å². The number of hydrogen-bond acceptors (Lipinski definition) is 6. The highest BCUT2D eigenvalue weighted by Crippen LogP contribution is 2.20. The first kappa shape index (κ1) is 18.8. The van der Waals surface area contributed by atoms with Crippen LogP contribution in [0.2, 0.25) is 0 Å².